The van der Waals surface area contributed by atoms with E-state index >= 15 is 0 Å². The van der Waals surface area contributed by atoms with E-state index in [9.17, 15) is 18.0 Å². The maximum atomic E-state index is 13.9. The van der Waals surface area contributed by atoms with Gasteiger partial charge in [0, 0.05) is 28.7 Å². The molecule has 0 spiro atoms. The highest BCUT2D eigenvalue weighted by atomic mass is 35.5. The molecule has 0 radical (unpaired) electrons. The second-order valence-electron chi connectivity index (χ2n) is 8.55. The number of nitrogens with one attached hydrogen (secondary N) is 1. The molecule has 0 aliphatic heterocycles. The van der Waals surface area contributed by atoms with Crippen LogP contribution in [0.25, 0.3) is 0 Å². The highest BCUT2D eigenvalue weighted by Crippen LogP contribution is 2.30. The zero-order chi connectivity index (χ0) is 28.0. The number of sulfonamides is 1. The second-order valence-corrected chi connectivity index (χ2v) is 11.7. The van der Waals surface area contributed by atoms with Gasteiger partial charge in [-0.25, -0.2) is 8.42 Å². The number of benzene rings is 3. The number of carbonyl (C=O) groups excluding carboxylic acids is 2. The van der Waals surface area contributed by atoms with Crippen molar-refractivity contribution in [1.82, 2.24) is 10.2 Å². The van der Waals surface area contributed by atoms with E-state index in [-0.39, 0.29) is 29.5 Å². The fourth-order valence-corrected chi connectivity index (χ4v) is 6.13. The Morgan fingerprint density at radius 1 is 0.947 bits per heavy atom. The van der Waals surface area contributed by atoms with Crippen molar-refractivity contribution in [2.45, 2.75) is 37.8 Å². The highest BCUT2D eigenvalue weighted by molar-refractivity contribution is 7.92. The molecule has 0 aromatic heterocycles. The Kier molecular flexibility index (Phi) is 10.1. The Bertz CT molecular complexity index is 1420. The van der Waals surface area contributed by atoms with Crippen LogP contribution in [-0.4, -0.2) is 44.8 Å². The van der Waals surface area contributed by atoms with Crippen LogP contribution in [-0.2, 0) is 26.2 Å². The zero-order valence-electron chi connectivity index (χ0n) is 21.1. The molecular formula is C27H28Cl3N3O4S. The van der Waals surface area contributed by atoms with Gasteiger partial charge in [-0.2, -0.15) is 0 Å². The van der Waals surface area contributed by atoms with Crippen LogP contribution < -0.4 is 9.62 Å². The number of hydrogen-bond acceptors (Lipinski definition) is 4. The molecule has 0 saturated heterocycles. The third-order valence-corrected chi connectivity index (χ3v) is 8.63. The Morgan fingerprint density at radius 3 is 2.18 bits per heavy atom. The van der Waals surface area contributed by atoms with Crippen LogP contribution in [0.3, 0.4) is 0 Å². The van der Waals surface area contributed by atoms with Crippen molar-refractivity contribution in [2.75, 3.05) is 17.9 Å². The number of rotatable bonds is 10. The summed E-state index contributed by atoms with van der Waals surface area (Å²) in [6.45, 7) is 2.89. The minimum atomic E-state index is -4.18. The lowest BCUT2D eigenvalue weighted by Gasteiger charge is -2.33. The number of hydrogen-bond donors (Lipinski definition) is 1. The van der Waals surface area contributed by atoms with Gasteiger partial charge < -0.3 is 10.2 Å². The molecule has 0 fully saturated rings. The monoisotopic (exact) mass is 595 g/mol. The molecule has 1 N–H and O–H groups in total. The van der Waals surface area contributed by atoms with E-state index in [0.717, 1.165) is 4.31 Å². The average Bonchev–Trinajstić information content (AvgIpc) is 2.90. The first-order chi connectivity index (χ1) is 18.0. The molecule has 38 heavy (non-hydrogen) atoms. The largest absolute Gasteiger partial charge is 0.357 e. The lowest BCUT2D eigenvalue weighted by molar-refractivity contribution is -0.140. The normalized spacial score (nSPS) is 12.1. The van der Waals surface area contributed by atoms with Gasteiger partial charge in [0.15, 0.2) is 0 Å². The van der Waals surface area contributed by atoms with Crippen LogP contribution in [0.1, 0.15) is 24.5 Å². The molecule has 3 aromatic rings. The Labute approximate surface area is 238 Å². The maximum absolute atomic E-state index is 13.9. The van der Waals surface area contributed by atoms with Crippen molar-refractivity contribution >= 4 is 62.3 Å². The first-order valence-corrected chi connectivity index (χ1v) is 14.4. The molecule has 11 heteroatoms. The van der Waals surface area contributed by atoms with Crippen LogP contribution in [0.15, 0.2) is 71.6 Å². The first kappa shape index (κ1) is 29.8. The third kappa shape index (κ3) is 6.80. The summed E-state index contributed by atoms with van der Waals surface area (Å²) in [5.74, 6) is -0.979. The van der Waals surface area contributed by atoms with Gasteiger partial charge in [-0.1, -0.05) is 72.1 Å². The standard InChI is InChI=1S/C27H28Cl3N3O4S/c1-4-24(27(35)31-3)32(16-19-11-13-20(28)14-23(19)30)26(34)17-33(25-15-21(29)12-10-18(25)2)38(36,37)22-8-6-5-7-9-22/h5-15,24H,4,16-17H2,1-3H3,(H,31,35)/t24-/m1/s1. The molecule has 3 rings (SSSR count). The lowest BCUT2D eigenvalue weighted by atomic mass is 10.1. The first-order valence-electron chi connectivity index (χ1n) is 11.8. The fourth-order valence-electron chi connectivity index (χ4n) is 4.00. The molecule has 7 nitrogen and oxygen atoms in total. The van der Waals surface area contributed by atoms with Gasteiger partial charge >= 0.3 is 0 Å². The molecule has 3 aromatic carbocycles. The predicted molar refractivity (Wildman–Crippen MR) is 152 cm³/mol. The van der Waals surface area contributed by atoms with Crippen LogP contribution in [0.5, 0.6) is 0 Å². The van der Waals surface area contributed by atoms with Crippen LogP contribution in [0.2, 0.25) is 15.1 Å². The average molecular weight is 597 g/mol. The molecule has 0 unspecified atom stereocenters. The Hall–Kier alpha value is -2.78. The molecule has 0 saturated carbocycles. The molecule has 0 aliphatic carbocycles. The number of likely N-dealkylation sites (N-methyl/N-ethyl adjacent to an activating group) is 1. The third-order valence-electron chi connectivity index (χ3n) is 6.04. The number of aryl methyl sites for hydroxylation is 1. The van der Waals surface area contributed by atoms with Gasteiger partial charge in [-0.3, -0.25) is 13.9 Å². The van der Waals surface area contributed by atoms with Gasteiger partial charge in [0.1, 0.15) is 12.6 Å². The summed E-state index contributed by atoms with van der Waals surface area (Å²) in [5.41, 5.74) is 1.42. The van der Waals surface area contributed by atoms with Crippen LogP contribution in [0, 0.1) is 6.92 Å². The van der Waals surface area contributed by atoms with Crippen molar-refractivity contribution in [3.05, 3.63) is 92.9 Å². The van der Waals surface area contributed by atoms with Crippen LogP contribution >= 0.6 is 34.8 Å². The quantitative estimate of drug-likeness (QED) is 0.325. The van der Waals surface area contributed by atoms with Gasteiger partial charge in [0.05, 0.1) is 10.6 Å². The summed E-state index contributed by atoms with van der Waals surface area (Å²) < 4.78 is 28.7. The van der Waals surface area contributed by atoms with E-state index in [1.165, 1.54) is 30.1 Å². The van der Waals surface area contributed by atoms with Crippen LogP contribution in [0.4, 0.5) is 5.69 Å². The Balaban J connectivity index is 2.11. The van der Waals surface area contributed by atoms with E-state index in [1.807, 2.05) is 0 Å². The van der Waals surface area contributed by atoms with Crippen molar-refractivity contribution in [1.29, 1.82) is 0 Å². The number of nitrogens with zero attached hydrogens (tertiary/aromatic N) is 2. The minimum absolute atomic E-state index is 0.0119. The molecule has 0 aliphatic rings. The smallest absolute Gasteiger partial charge is 0.264 e. The molecule has 202 valence electrons. The topological polar surface area (TPSA) is 86.8 Å². The fraction of sp³-hybridized carbons (Fsp3) is 0.259. The molecule has 0 bridgehead atoms. The maximum Gasteiger partial charge on any atom is 0.264 e. The summed E-state index contributed by atoms with van der Waals surface area (Å²) in [4.78, 5) is 28.1. The number of amides is 2. The summed E-state index contributed by atoms with van der Waals surface area (Å²) in [6.07, 6.45) is 0.290. The summed E-state index contributed by atoms with van der Waals surface area (Å²) in [5, 5.41) is 3.64. The second kappa shape index (κ2) is 12.8. The van der Waals surface area contributed by atoms with Gasteiger partial charge in [-0.15, -0.1) is 0 Å². The van der Waals surface area contributed by atoms with E-state index in [4.69, 9.17) is 34.8 Å². The minimum Gasteiger partial charge on any atom is -0.357 e. The molecule has 1 atom stereocenters. The van der Waals surface area contributed by atoms with Gasteiger partial charge in [0.2, 0.25) is 11.8 Å². The molecule has 0 heterocycles. The zero-order valence-corrected chi connectivity index (χ0v) is 24.2. The van der Waals surface area contributed by atoms with E-state index < -0.39 is 28.5 Å². The predicted octanol–water partition coefficient (Wildman–Crippen LogP) is 5.70. The summed E-state index contributed by atoms with van der Waals surface area (Å²) >= 11 is 18.7. The van der Waals surface area contributed by atoms with Gasteiger partial charge in [-0.05, 0) is 60.9 Å². The number of halogens is 3. The van der Waals surface area contributed by atoms with Gasteiger partial charge in [0.25, 0.3) is 10.0 Å². The SMILES string of the molecule is CC[C@H](C(=O)NC)N(Cc1ccc(Cl)cc1Cl)C(=O)CN(c1cc(Cl)ccc1C)S(=O)(=O)c1ccccc1. The number of carbonyl (C=O) groups is 2. The lowest BCUT2D eigenvalue weighted by Crippen LogP contribution is -2.51. The molecular weight excluding hydrogens is 569 g/mol. The van der Waals surface area contributed by atoms with E-state index in [2.05, 4.69) is 5.32 Å². The Morgan fingerprint density at radius 2 is 1.58 bits per heavy atom. The van der Waals surface area contributed by atoms with E-state index in [0.29, 0.717) is 26.2 Å². The van der Waals surface area contributed by atoms with Crippen molar-refractivity contribution in [3.8, 4) is 0 Å². The van der Waals surface area contributed by atoms with Crippen molar-refractivity contribution in [3.63, 3.8) is 0 Å². The molecule has 2 amide bonds. The number of anilines is 1. The van der Waals surface area contributed by atoms with E-state index in [1.54, 1.807) is 62.4 Å². The van der Waals surface area contributed by atoms with Crippen molar-refractivity contribution in [2.24, 2.45) is 0 Å². The summed E-state index contributed by atoms with van der Waals surface area (Å²) in [7, 11) is -2.71. The highest BCUT2D eigenvalue weighted by Gasteiger charge is 2.34. The van der Waals surface area contributed by atoms with Crippen molar-refractivity contribution < 1.29 is 18.0 Å². The summed E-state index contributed by atoms with van der Waals surface area (Å²) in [6, 6.07) is 16.6.